The Morgan fingerprint density at radius 2 is 0.580 bits per heavy atom. The molecule has 14 aromatic carbocycles. The lowest BCUT2D eigenvalue weighted by Crippen LogP contribution is -2.29. The Morgan fingerprint density at radius 3 is 0.920 bits per heavy atom. The van der Waals surface area contributed by atoms with Crippen molar-refractivity contribution < 1.29 is 27.0 Å². The van der Waals surface area contributed by atoms with Crippen LogP contribution < -0.4 is 19.3 Å². The smallest absolute Gasteiger partial charge is 0.128 e. The maximum Gasteiger partial charge on any atom is 0.128 e. The molecule has 100 heavy (non-hydrogen) atoms. The van der Waals surface area contributed by atoms with E-state index in [4.69, 9.17) is 9.47 Å². The fourth-order valence-corrected chi connectivity index (χ4v) is 14.9. The van der Waals surface area contributed by atoms with Crippen molar-refractivity contribution in [1.82, 2.24) is 0 Å². The van der Waals surface area contributed by atoms with Crippen LogP contribution in [0.3, 0.4) is 0 Å². The second kappa shape index (κ2) is 25.5. The first-order chi connectivity index (χ1) is 48.9. The van der Waals surface area contributed by atoms with Crippen LogP contribution in [0.1, 0.15) is 66.8 Å². The van der Waals surface area contributed by atoms with Crippen molar-refractivity contribution in [2.75, 3.05) is 9.80 Å². The monoisotopic (exact) mass is 1300 g/mol. The molecule has 0 spiro atoms. The maximum absolute atomic E-state index is 16.1. The molecule has 14 aromatic rings. The van der Waals surface area contributed by atoms with E-state index in [0.29, 0.717) is 45.5 Å². The Morgan fingerprint density at radius 1 is 0.290 bits per heavy atom. The number of halogens is 4. The van der Waals surface area contributed by atoms with E-state index in [0.717, 1.165) is 112 Å². The summed E-state index contributed by atoms with van der Waals surface area (Å²) in [5, 5.41) is 0. The molecule has 0 amide bonds. The minimum atomic E-state index is -0.923. The van der Waals surface area contributed by atoms with Crippen LogP contribution in [0.25, 0.3) is 45.5 Å². The highest BCUT2D eigenvalue weighted by atomic mass is 19.1. The van der Waals surface area contributed by atoms with Crippen LogP contribution in [0.5, 0.6) is 23.0 Å². The molecule has 2 aliphatic rings. The number of nitrogens with zero attached hydrogens (tertiary/aromatic N) is 2. The van der Waals surface area contributed by atoms with Crippen LogP contribution in [-0.2, 0) is 10.8 Å². The van der Waals surface area contributed by atoms with Crippen molar-refractivity contribution in [1.29, 1.82) is 0 Å². The van der Waals surface area contributed by atoms with Gasteiger partial charge in [-0.25, -0.2) is 17.6 Å². The van der Waals surface area contributed by atoms with Gasteiger partial charge in [0, 0.05) is 34.1 Å². The van der Waals surface area contributed by atoms with Crippen LogP contribution in [0.15, 0.2) is 329 Å². The predicted molar refractivity (Wildman–Crippen MR) is 398 cm³/mol. The second-order valence-corrected chi connectivity index (χ2v) is 25.5. The van der Waals surface area contributed by atoms with E-state index < -0.39 is 10.8 Å². The molecule has 8 heteroatoms. The normalized spacial score (nSPS) is 14.7. The van der Waals surface area contributed by atoms with E-state index in [9.17, 15) is 0 Å². The van der Waals surface area contributed by atoms with Gasteiger partial charge in [-0.3, -0.25) is 0 Å². The fraction of sp³-hybridized carbons (Fsp3) is 0.0435. The third kappa shape index (κ3) is 10.8. The van der Waals surface area contributed by atoms with E-state index in [1.54, 1.807) is 50.3 Å². The third-order valence-corrected chi connectivity index (χ3v) is 19.8. The van der Waals surface area contributed by atoms with Gasteiger partial charge in [0.25, 0.3) is 0 Å². The third-order valence-electron chi connectivity index (χ3n) is 19.8. The number of fused-ring (bicyclic) bond motifs is 6. The van der Waals surface area contributed by atoms with Crippen LogP contribution in [-0.4, -0.2) is 0 Å². The molecular formula is C92H64F4N2O2. The summed E-state index contributed by atoms with van der Waals surface area (Å²) in [4.78, 5) is 4.16. The lowest BCUT2D eigenvalue weighted by Gasteiger charge is -2.35. The van der Waals surface area contributed by atoms with Gasteiger partial charge in [0.05, 0.1) is 10.8 Å². The largest absolute Gasteiger partial charge is 0.457 e. The molecule has 0 radical (unpaired) electrons. The summed E-state index contributed by atoms with van der Waals surface area (Å²) in [7, 11) is 0. The van der Waals surface area contributed by atoms with Crippen LogP contribution in [0.4, 0.5) is 51.7 Å². The minimum Gasteiger partial charge on any atom is -0.457 e. The SMILES string of the molecule is C=Cc1ccc(Oc2ccc(C3(c4ccc(F)cc4)c4ccccc4-c4ccc(N(c5ccc(-c6ccc(N(c7ccc(C)c(F)c7)c7ccc8c(c7)[C@@](c7ccc(F)cc7)(c7ccc(Oc9ccc(C=C)cc9)cc7)c7ccccc7-8)cc6)cc5)c5ccc(C)c(F)c5)cc43)cc2)cc1. The second-order valence-electron chi connectivity index (χ2n) is 25.5. The van der Waals surface area contributed by atoms with Gasteiger partial charge in [-0.15, -0.1) is 0 Å². The summed E-state index contributed by atoms with van der Waals surface area (Å²) in [6.45, 7) is 11.3. The molecule has 1 unspecified atom stereocenters. The molecule has 16 rings (SSSR count). The zero-order valence-corrected chi connectivity index (χ0v) is 54.8. The lowest BCUT2D eigenvalue weighted by atomic mass is 9.67. The first-order valence-corrected chi connectivity index (χ1v) is 33.2. The van der Waals surface area contributed by atoms with Gasteiger partial charge in [0.1, 0.15) is 46.3 Å². The number of anilines is 6. The highest BCUT2D eigenvalue weighted by Crippen LogP contribution is 2.60. The average Bonchev–Trinajstić information content (AvgIpc) is 1.53. The molecule has 482 valence electrons. The van der Waals surface area contributed by atoms with Crippen LogP contribution >= 0.6 is 0 Å². The Bertz CT molecular complexity index is 5100. The minimum absolute atomic E-state index is 0.338. The van der Waals surface area contributed by atoms with Gasteiger partial charge in [-0.05, 0) is 260 Å². The standard InChI is InChI=1S/C92H64F4N2O2/c1-5-61-17-45-77(46-18-61)99-79-49-29-67(30-50-79)91(65-25-33-69(93)34-26-65)85-13-9-7-11-81(85)83-53-43-73(55-87(83)91)97(75-37-15-59(3)89(95)57-75)71-39-21-63(22-40-71)64-23-41-72(42-24-64)98(76-38-16-60(4)90(96)58-76)74-44-54-84-82-12-8-10-14-86(82)92(88(84)56-74,66-27-35-70(94)36-28-66)68-31-51-80(52-32-68)100-78-47-19-62(6-2)20-48-78/h5-58H,1-2H2,3-4H3/t91-,92?/m0/s1. The lowest BCUT2D eigenvalue weighted by molar-refractivity contribution is 0.482. The number of rotatable bonds is 17. The molecular weight excluding hydrogens is 1240 g/mol. The number of hydrogen-bond donors (Lipinski definition) is 0. The van der Waals surface area contributed by atoms with Gasteiger partial charge in [0.15, 0.2) is 0 Å². The summed E-state index contributed by atoms with van der Waals surface area (Å²) < 4.78 is 75.1. The predicted octanol–water partition coefficient (Wildman–Crippen LogP) is 25.1. The molecule has 0 bridgehead atoms. The van der Waals surface area contributed by atoms with Gasteiger partial charge in [-0.1, -0.05) is 195 Å². The van der Waals surface area contributed by atoms with Gasteiger partial charge in [-0.2, -0.15) is 0 Å². The first-order valence-electron chi connectivity index (χ1n) is 33.2. The molecule has 2 atom stereocenters. The maximum atomic E-state index is 16.1. The number of aryl methyl sites for hydroxylation is 2. The molecule has 0 fully saturated rings. The van der Waals surface area contributed by atoms with Crippen LogP contribution in [0.2, 0.25) is 0 Å². The first kappa shape index (κ1) is 62.3. The Balaban J connectivity index is 0.774. The van der Waals surface area contributed by atoms with Gasteiger partial charge in [0.2, 0.25) is 0 Å². The van der Waals surface area contributed by atoms with Gasteiger partial charge >= 0.3 is 0 Å². The van der Waals surface area contributed by atoms with Crippen LogP contribution in [0, 0.1) is 37.1 Å². The van der Waals surface area contributed by atoms with Crippen molar-refractivity contribution in [3.05, 3.63) is 419 Å². The van der Waals surface area contributed by atoms with Crippen molar-refractivity contribution in [2.45, 2.75) is 24.7 Å². The van der Waals surface area contributed by atoms with E-state index in [-0.39, 0.29) is 23.3 Å². The number of benzene rings is 14. The summed E-state index contributed by atoms with van der Waals surface area (Å²) in [6.07, 6.45) is 3.59. The average molecular weight is 1310 g/mol. The summed E-state index contributed by atoms with van der Waals surface area (Å²) in [5.74, 6) is 1.34. The molecule has 2 aliphatic carbocycles. The summed E-state index contributed by atoms with van der Waals surface area (Å²) in [5.41, 5.74) is 19.3. The molecule has 0 heterocycles. The Labute approximate surface area is 579 Å². The van der Waals surface area contributed by atoms with E-state index >= 15 is 17.6 Å². The van der Waals surface area contributed by atoms with Crippen molar-refractivity contribution in [3.63, 3.8) is 0 Å². The number of hydrogen-bond acceptors (Lipinski definition) is 4. The van der Waals surface area contributed by atoms with Crippen molar-refractivity contribution >= 4 is 46.3 Å². The zero-order chi connectivity index (χ0) is 68.2. The Kier molecular flexibility index (Phi) is 15.9. The number of ether oxygens (including phenoxy) is 2. The zero-order valence-electron chi connectivity index (χ0n) is 54.8. The molecule has 0 saturated heterocycles. The van der Waals surface area contributed by atoms with E-state index in [2.05, 4.69) is 156 Å². The Hall–Kier alpha value is -12.5. The fourth-order valence-electron chi connectivity index (χ4n) is 14.9. The quantitative estimate of drug-likeness (QED) is 0.0849. The molecule has 0 saturated carbocycles. The van der Waals surface area contributed by atoms with Crippen molar-refractivity contribution in [3.8, 4) is 56.4 Å². The van der Waals surface area contributed by atoms with Crippen molar-refractivity contribution in [2.24, 2.45) is 0 Å². The molecule has 0 N–H and O–H groups in total. The van der Waals surface area contributed by atoms with E-state index in [1.165, 1.54) is 24.3 Å². The highest BCUT2D eigenvalue weighted by molar-refractivity contribution is 5.92. The van der Waals surface area contributed by atoms with E-state index in [1.807, 2.05) is 133 Å². The molecule has 4 nitrogen and oxygen atoms in total. The summed E-state index contributed by atoms with van der Waals surface area (Å²) in [6, 6.07) is 102. The summed E-state index contributed by atoms with van der Waals surface area (Å²) >= 11 is 0. The molecule has 0 aromatic heterocycles. The topological polar surface area (TPSA) is 24.9 Å². The van der Waals surface area contributed by atoms with Gasteiger partial charge < -0.3 is 19.3 Å². The highest BCUT2D eigenvalue weighted by Gasteiger charge is 2.48. The molecule has 0 aliphatic heterocycles.